The van der Waals surface area contributed by atoms with Crippen LogP contribution in [0, 0.1) is 17.1 Å². The molecule has 1 heterocycles. The number of hydrogen-bond acceptors (Lipinski definition) is 3. The highest BCUT2D eigenvalue weighted by Gasteiger charge is 2.21. The molecule has 1 saturated heterocycles. The van der Waals surface area contributed by atoms with Gasteiger partial charge < -0.3 is 10.5 Å². The Morgan fingerprint density at radius 2 is 2.35 bits per heavy atom. The van der Waals surface area contributed by atoms with E-state index < -0.39 is 0 Å². The molecule has 2 rings (SSSR count). The fraction of sp³-hybridized carbons (Fsp3) is 0.533. The van der Waals surface area contributed by atoms with Crippen molar-refractivity contribution < 1.29 is 9.13 Å². The van der Waals surface area contributed by atoms with Crippen molar-refractivity contribution in [3.8, 4) is 0 Å². The normalized spacial score (nSPS) is 20.0. The summed E-state index contributed by atoms with van der Waals surface area (Å²) in [4.78, 5) is 2.25. The van der Waals surface area contributed by atoms with Gasteiger partial charge in [0.2, 0.25) is 0 Å². The smallest absolute Gasteiger partial charge is 0.138 e. The molecule has 110 valence electrons. The Kier molecular flexibility index (Phi) is 5.09. The Morgan fingerprint density at radius 3 is 3.05 bits per heavy atom. The number of nitrogens with zero attached hydrogens (tertiary/aromatic N) is 1. The van der Waals surface area contributed by atoms with E-state index in [0.29, 0.717) is 18.0 Å². The number of hydrogen-bond donors (Lipinski definition) is 2. The minimum Gasteiger partial charge on any atom is -0.384 e. The first-order chi connectivity index (χ1) is 9.61. The Labute approximate surface area is 119 Å². The number of piperidine rings is 1. The maximum absolute atomic E-state index is 14.3. The van der Waals surface area contributed by atoms with E-state index in [1.54, 1.807) is 25.3 Å². The van der Waals surface area contributed by atoms with Crippen LogP contribution < -0.4 is 5.73 Å². The molecular weight excluding hydrogens is 257 g/mol. The number of ether oxygens (including phenoxy) is 1. The predicted molar refractivity (Wildman–Crippen MR) is 77.3 cm³/mol. The topological polar surface area (TPSA) is 62.3 Å². The summed E-state index contributed by atoms with van der Waals surface area (Å²) in [7, 11) is 1.72. The fourth-order valence-electron chi connectivity index (χ4n) is 2.82. The Morgan fingerprint density at radius 1 is 1.55 bits per heavy atom. The summed E-state index contributed by atoms with van der Waals surface area (Å²) in [6.07, 6.45) is 2.28. The van der Waals surface area contributed by atoms with E-state index in [1.165, 1.54) is 6.42 Å². The number of benzene rings is 1. The van der Waals surface area contributed by atoms with Crippen LogP contribution >= 0.6 is 0 Å². The zero-order chi connectivity index (χ0) is 14.5. The Bertz CT molecular complexity index is 476. The van der Waals surface area contributed by atoms with E-state index in [2.05, 4.69) is 4.90 Å². The van der Waals surface area contributed by atoms with Crippen molar-refractivity contribution in [2.24, 2.45) is 11.7 Å². The number of likely N-dealkylation sites (tertiary alicyclic amines) is 1. The summed E-state index contributed by atoms with van der Waals surface area (Å²) in [5.41, 5.74) is 6.19. The number of nitrogens with one attached hydrogen (secondary N) is 1. The molecule has 1 fully saturated rings. The standard InChI is InChI=1S/C15H22FN3O/c1-20-10-11-4-3-7-19(8-11)9-12-5-2-6-13(14(12)16)15(17)18/h2,5-6,11H,3-4,7-10H2,1H3,(H3,17,18). The van der Waals surface area contributed by atoms with E-state index in [1.807, 2.05) is 0 Å². The molecule has 1 aromatic rings. The average Bonchev–Trinajstić information content (AvgIpc) is 2.42. The second-order valence-corrected chi connectivity index (χ2v) is 5.39. The molecule has 0 saturated carbocycles. The quantitative estimate of drug-likeness (QED) is 0.640. The van der Waals surface area contributed by atoms with E-state index in [9.17, 15) is 4.39 Å². The number of nitrogens with two attached hydrogens (primary N) is 1. The van der Waals surface area contributed by atoms with Gasteiger partial charge >= 0.3 is 0 Å². The lowest BCUT2D eigenvalue weighted by Crippen LogP contribution is -2.36. The van der Waals surface area contributed by atoms with Gasteiger partial charge in [0.1, 0.15) is 11.7 Å². The first-order valence-corrected chi connectivity index (χ1v) is 6.95. The Balaban J connectivity index is 2.06. The summed E-state index contributed by atoms with van der Waals surface area (Å²) in [6, 6.07) is 5.07. The van der Waals surface area contributed by atoms with Gasteiger partial charge in [-0.2, -0.15) is 0 Å². The summed E-state index contributed by atoms with van der Waals surface area (Å²) in [5.74, 6) is -0.0677. The predicted octanol–water partition coefficient (Wildman–Crippen LogP) is 1.97. The molecule has 1 atom stereocenters. The molecule has 20 heavy (non-hydrogen) atoms. The van der Waals surface area contributed by atoms with Crippen LogP contribution in [0.5, 0.6) is 0 Å². The molecule has 1 aromatic carbocycles. The molecule has 1 unspecified atom stereocenters. The minimum atomic E-state index is -0.367. The van der Waals surface area contributed by atoms with Crippen molar-refractivity contribution in [2.45, 2.75) is 19.4 Å². The molecule has 1 aliphatic rings. The minimum absolute atomic E-state index is 0.188. The van der Waals surface area contributed by atoms with Crippen molar-refractivity contribution in [1.29, 1.82) is 5.41 Å². The monoisotopic (exact) mass is 279 g/mol. The van der Waals surface area contributed by atoms with Gasteiger partial charge in [-0.15, -0.1) is 0 Å². The van der Waals surface area contributed by atoms with E-state index in [4.69, 9.17) is 15.9 Å². The molecule has 0 bridgehead atoms. The molecular formula is C15H22FN3O. The van der Waals surface area contributed by atoms with E-state index in [0.717, 1.165) is 26.1 Å². The van der Waals surface area contributed by atoms with Crippen LogP contribution in [0.15, 0.2) is 18.2 Å². The lowest BCUT2D eigenvalue weighted by molar-refractivity contribution is 0.0868. The van der Waals surface area contributed by atoms with Crippen molar-refractivity contribution in [3.63, 3.8) is 0 Å². The molecule has 0 radical (unpaired) electrons. The molecule has 5 heteroatoms. The van der Waals surface area contributed by atoms with Gasteiger partial charge in [-0.1, -0.05) is 12.1 Å². The highest BCUT2D eigenvalue weighted by Crippen LogP contribution is 2.21. The van der Waals surface area contributed by atoms with Crippen LogP contribution in [-0.2, 0) is 11.3 Å². The number of nitrogen functional groups attached to an aromatic ring is 1. The first-order valence-electron chi connectivity index (χ1n) is 6.95. The number of amidine groups is 1. The SMILES string of the molecule is COCC1CCCN(Cc2cccc(C(=N)N)c2F)C1. The molecule has 0 aromatic heterocycles. The summed E-state index contributed by atoms with van der Waals surface area (Å²) in [5, 5.41) is 7.39. The molecule has 0 spiro atoms. The maximum atomic E-state index is 14.3. The zero-order valence-corrected chi connectivity index (χ0v) is 11.9. The van der Waals surface area contributed by atoms with Gasteiger partial charge in [-0.3, -0.25) is 10.3 Å². The Hall–Kier alpha value is -1.46. The van der Waals surface area contributed by atoms with Crippen LogP contribution in [0.2, 0.25) is 0 Å². The van der Waals surface area contributed by atoms with E-state index in [-0.39, 0.29) is 17.2 Å². The molecule has 4 nitrogen and oxygen atoms in total. The summed E-state index contributed by atoms with van der Waals surface area (Å²) >= 11 is 0. The molecule has 1 aliphatic heterocycles. The van der Waals surface area contributed by atoms with Gasteiger partial charge in [0.25, 0.3) is 0 Å². The van der Waals surface area contributed by atoms with Crippen molar-refractivity contribution in [1.82, 2.24) is 4.90 Å². The maximum Gasteiger partial charge on any atom is 0.138 e. The first kappa shape index (κ1) is 14.9. The van der Waals surface area contributed by atoms with Gasteiger partial charge in [0.05, 0.1) is 12.2 Å². The average molecular weight is 279 g/mol. The van der Waals surface area contributed by atoms with Crippen molar-refractivity contribution >= 4 is 5.84 Å². The third kappa shape index (κ3) is 3.55. The van der Waals surface area contributed by atoms with Crippen LogP contribution in [0.4, 0.5) is 4.39 Å². The summed E-state index contributed by atoms with van der Waals surface area (Å²) < 4.78 is 19.5. The van der Waals surface area contributed by atoms with Gasteiger partial charge in [-0.25, -0.2) is 4.39 Å². The summed E-state index contributed by atoms with van der Waals surface area (Å²) in [6.45, 7) is 3.22. The molecule has 0 amide bonds. The third-order valence-electron chi connectivity index (χ3n) is 3.77. The third-order valence-corrected chi connectivity index (χ3v) is 3.77. The number of rotatable bonds is 5. The second kappa shape index (κ2) is 6.81. The fourth-order valence-corrected chi connectivity index (χ4v) is 2.82. The lowest BCUT2D eigenvalue weighted by atomic mass is 9.98. The van der Waals surface area contributed by atoms with Crippen LogP contribution in [-0.4, -0.2) is 37.5 Å². The van der Waals surface area contributed by atoms with Crippen molar-refractivity contribution in [2.75, 3.05) is 26.8 Å². The van der Waals surface area contributed by atoms with Crippen LogP contribution in [0.1, 0.15) is 24.0 Å². The molecule has 0 aliphatic carbocycles. The van der Waals surface area contributed by atoms with Gasteiger partial charge in [0.15, 0.2) is 0 Å². The number of methoxy groups -OCH3 is 1. The second-order valence-electron chi connectivity index (χ2n) is 5.39. The van der Waals surface area contributed by atoms with Gasteiger partial charge in [-0.05, 0) is 31.4 Å². The highest BCUT2D eigenvalue weighted by atomic mass is 19.1. The van der Waals surface area contributed by atoms with Crippen LogP contribution in [0.3, 0.4) is 0 Å². The highest BCUT2D eigenvalue weighted by molar-refractivity contribution is 5.95. The molecule has 3 N–H and O–H groups in total. The van der Waals surface area contributed by atoms with Crippen molar-refractivity contribution in [3.05, 3.63) is 35.1 Å². The lowest BCUT2D eigenvalue weighted by Gasteiger charge is -2.32. The van der Waals surface area contributed by atoms with E-state index >= 15 is 0 Å². The van der Waals surface area contributed by atoms with Gasteiger partial charge in [0, 0.05) is 25.8 Å². The zero-order valence-electron chi connectivity index (χ0n) is 11.9. The largest absolute Gasteiger partial charge is 0.384 e. The number of halogens is 1. The van der Waals surface area contributed by atoms with Crippen LogP contribution in [0.25, 0.3) is 0 Å².